The standard InChI is InChI=1S/C24H28N4O3/c1-17(29)8-9-23(30)27-13-10-19(11-14-27)28-22(26-21-7-4-12-25-24(21)28)16-18-5-3-6-20(15-18)31-2/h3-7,12,15,19H,8-11,13-14,16H2,1-2H3. The van der Waals surface area contributed by atoms with Crippen LogP contribution in [0.25, 0.3) is 11.2 Å². The first-order chi connectivity index (χ1) is 15.0. The van der Waals surface area contributed by atoms with Gasteiger partial charge in [0.05, 0.1) is 7.11 Å². The number of piperidine rings is 1. The summed E-state index contributed by atoms with van der Waals surface area (Å²) in [4.78, 5) is 35.0. The molecular formula is C24H28N4O3. The zero-order chi connectivity index (χ0) is 21.8. The number of aromatic nitrogens is 3. The summed E-state index contributed by atoms with van der Waals surface area (Å²) in [7, 11) is 1.67. The number of Topliss-reactive ketones (excluding diaryl/α,β-unsaturated/α-hetero) is 1. The number of hydrogen-bond donors (Lipinski definition) is 0. The van der Waals surface area contributed by atoms with Gasteiger partial charge in [-0.1, -0.05) is 12.1 Å². The summed E-state index contributed by atoms with van der Waals surface area (Å²) in [5, 5.41) is 0. The van der Waals surface area contributed by atoms with Crippen LogP contribution in [0.15, 0.2) is 42.6 Å². The highest BCUT2D eigenvalue weighted by molar-refractivity contribution is 5.83. The number of ether oxygens (including phenoxy) is 1. The largest absolute Gasteiger partial charge is 0.497 e. The van der Waals surface area contributed by atoms with Gasteiger partial charge in [0.15, 0.2) is 5.65 Å². The minimum atomic E-state index is 0.0568. The number of pyridine rings is 1. The maximum Gasteiger partial charge on any atom is 0.223 e. The topological polar surface area (TPSA) is 77.3 Å². The SMILES string of the molecule is COc1cccc(Cc2nc3cccnc3n2C2CCN(C(=O)CCC(C)=O)CC2)c1. The van der Waals surface area contributed by atoms with Crippen LogP contribution in [-0.4, -0.2) is 51.3 Å². The summed E-state index contributed by atoms with van der Waals surface area (Å²) < 4.78 is 7.62. The number of carbonyl (C=O) groups excluding carboxylic acids is 2. The van der Waals surface area contributed by atoms with E-state index >= 15 is 0 Å². The number of nitrogens with zero attached hydrogens (tertiary/aromatic N) is 4. The Bertz CT molecular complexity index is 1080. The number of carbonyl (C=O) groups is 2. The molecule has 162 valence electrons. The highest BCUT2D eigenvalue weighted by Gasteiger charge is 2.27. The van der Waals surface area contributed by atoms with Crippen molar-refractivity contribution < 1.29 is 14.3 Å². The minimum Gasteiger partial charge on any atom is -0.497 e. The first-order valence-corrected chi connectivity index (χ1v) is 10.8. The van der Waals surface area contributed by atoms with E-state index in [1.165, 1.54) is 6.92 Å². The molecule has 0 atom stereocenters. The van der Waals surface area contributed by atoms with Gasteiger partial charge in [-0.05, 0) is 49.6 Å². The Morgan fingerprint density at radius 2 is 1.94 bits per heavy atom. The molecule has 1 aliphatic heterocycles. The molecule has 3 aromatic rings. The maximum absolute atomic E-state index is 12.4. The maximum atomic E-state index is 12.4. The number of benzene rings is 1. The van der Waals surface area contributed by atoms with E-state index in [1.807, 2.05) is 35.2 Å². The molecule has 31 heavy (non-hydrogen) atoms. The summed E-state index contributed by atoms with van der Waals surface area (Å²) in [6.07, 6.45) is 4.80. The molecule has 1 aliphatic rings. The molecule has 0 aliphatic carbocycles. The minimum absolute atomic E-state index is 0.0568. The van der Waals surface area contributed by atoms with Crippen molar-refractivity contribution in [2.24, 2.45) is 0 Å². The normalized spacial score (nSPS) is 14.7. The molecule has 3 heterocycles. The summed E-state index contributed by atoms with van der Waals surface area (Å²) in [6.45, 7) is 2.90. The smallest absolute Gasteiger partial charge is 0.223 e. The van der Waals surface area contributed by atoms with Gasteiger partial charge in [-0.15, -0.1) is 0 Å². The van der Waals surface area contributed by atoms with Crippen LogP contribution in [0, 0.1) is 0 Å². The Balaban J connectivity index is 1.55. The van der Waals surface area contributed by atoms with Gasteiger partial charge in [0.1, 0.15) is 22.9 Å². The number of amides is 1. The molecule has 0 radical (unpaired) electrons. The van der Waals surface area contributed by atoms with Crippen molar-refractivity contribution in [1.82, 2.24) is 19.4 Å². The summed E-state index contributed by atoms with van der Waals surface area (Å²) in [5.41, 5.74) is 2.91. The summed E-state index contributed by atoms with van der Waals surface area (Å²) >= 11 is 0. The molecule has 1 amide bonds. The Kier molecular flexibility index (Phi) is 6.30. The van der Waals surface area contributed by atoms with E-state index in [0.29, 0.717) is 32.4 Å². The van der Waals surface area contributed by atoms with Gasteiger partial charge in [0, 0.05) is 44.6 Å². The van der Waals surface area contributed by atoms with E-state index in [2.05, 4.69) is 15.6 Å². The van der Waals surface area contributed by atoms with Crippen molar-refractivity contribution in [2.45, 2.75) is 45.1 Å². The van der Waals surface area contributed by atoms with Crippen molar-refractivity contribution in [2.75, 3.05) is 20.2 Å². The highest BCUT2D eigenvalue weighted by atomic mass is 16.5. The van der Waals surface area contributed by atoms with Crippen LogP contribution < -0.4 is 4.74 Å². The van der Waals surface area contributed by atoms with Crippen LogP contribution in [0.3, 0.4) is 0 Å². The predicted molar refractivity (Wildman–Crippen MR) is 118 cm³/mol. The monoisotopic (exact) mass is 420 g/mol. The number of rotatable bonds is 7. The second-order valence-corrected chi connectivity index (χ2v) is 8.09. The molecule has 2 aromatic heterocycles. The molecule has 1 fully saturated rings. The van der Waals surface area contributed by atoms with E-state index in [9.17, 15) is 9.59 Å². The average Bonchev–Trinajstić information content (AvgIpc) is 3.15. The van der Waals surface area contributed by atoms with Crippen LogP contribution in [0.5, 0.6) is 5.75 Å². The van der Waals surface area contributed by atoms with Gasteiger partial charge in [0.2, 0.25) is 5.91 Å². The van der Waals surface area contributed by atoms with Crippen molar-refractivity contribution >= 4 is 22.9 Å². The van der Waals surface area contributed by atoms with Crippen LogP contribution in [0.4, 0.5) is 0 Å². The van der Waals surface area contributed by atoms with Crippen molar-refractivity contribution in [3.05, 3.63) is 54.0 Å². The van der Waals surface area contributed by atoms with Gasteiger partial charge in [0.25, 0.3) is 0 Å². The lowest BCUT2D eigenvalue weighted by molar-refractivity contribution is -0.134. The van der Waals surface area contributed by atoms with Gasteiger partial charge in [-0.25, -0.2) is 9.97 Å². The predicted octanol–water partition coefficient (Wildman–Crippen LogP) is 3.56. The first kappa shape index (κ1) is 21.0. The van der Waals surface area contributed by atoms with E-state index in [0.717, 1.165) is 41.1 Å². The fourth-order valence-corrected chi connectivity index (χ4v) is 4.26. The molecule has 1 aromatic carbocycles. The molecule has 0 bridgehead atoms. The molecule has 0 spiro atoms. The lowest BCUT2D eigenvalue weighted by Gasteiger charge is -2.33. The molecular weight excluding hydrogens is 392 g/mol. The third-order valence-corrected chi connectivity index (χ3v) is 5.89. The fraction of sp³-hybridized carbons (Fsp3) is 0.417. The molecule has 7 nitrogen and oxygen atoms in total. The number of methoxy groups -OCH3 is 1. The van der Waals surface area contributed by atoms with Crippen molar-refractivity contribution in [1.29, 1.82) is 0 Å². The third-order valence-electron chi connectivity index (χ3n) is 5.89. The molecule has 0 N–H and O–H groups in total. The Morgan fingerprint density at radius 1 is 1.13 bits per heavy atom. The van der Waals surface area contributed by atoms with Crippen molar-refractivity contribution in [3.8, 4) is 5.75 Å². The van der Waals surface area contributed by atoms with Gasteiger partial charge in [-0.3, -0.25) is 4.79 Å². The van der Waals surface area contributed by atoms with Crippen LogP contribution in [-0.2, 0) is 16.0 Å². The highest BCUT2D eigenvalue weighted by Crippen LogP contribution is 2.29. The number of imidazole rings is 1. The number of likely N-dealkylation sites (tertiary alicyclic amines) is 1. The molecule has 4 rings (SSSR count). The average molecular weight is 421 g/mol. The van der Waals surface area contributed by atoms with E-state index in [1.54, 1.807) is 13.3 Å². The molecule has 0 saturated carbocycles. The van der Waals surface area contributed by atoms with E-state index < -0.39 is 0 Å². The zero-order valence-corrected chi connectivity index (χ0v) is 18.1. The molecule has 0 unspecified atom stereocenters. The van der Waals surface area contributed by atoms with Gasteiger partial charge in [-0.2, -0.15) is 0 Å². The molecule has 7 heteroatoms. The Morgan fingerprint density at radius 3 is 2.68 bits per heavy atom. The lowest BCUT2D eigenvalue weighted by atomic mass is 10.0. The summed E-state index contributed by atoms with van der Waals surface area (Å²) in [6, 6.07) is 12.2. The van der Waals surface area contributed by atoms with Crippen LogP contribution in [0.2, 0.25) is 0 Å². The van der Waals surface area contributed by atoms with Gasteiger partial charge >= 0.3 is 0 Å². The summed E-state index contributed by atoms with van der Waals surface area (Å²) in [5.74, 6) is 1.93. The molecule has 1 saturated heterocycles. The fourth-order valence-electron chi connectivity index (χ4n) is 4.26. The first-order valence-electron chi connectivity index (χ1n) is 10.8. The number of ketones is 1. The van der Waals surface area contributed by atoms with Gasteiger partial charge < -0.3 is 19.0 Å². The Hall–Kier alpha value is -3.22. The second kappa shape index (κ2) is 9.29. The van der Waals surface area contributed by atoms with E-state index in [4.69, 9.17) is 9.72 Å². The van der Waals surface area contributed by atoms with Crippen LogP contribution in [0.1, 0.15) is 50.0 Å². The van der Waals surface area contributed by atoms with Crippen molar-refractivity contribution in [3.63, 3.8) is 0 Å². The Labute approximate surface area is 182 Å². The van der Waals surface area contributed by atoms with Crippen LogP contribution >= 0.6 is 0 Å². The quantitative estimate of drug-likeness (QED) is 0.584. The third kappa shape index (κ3) is 4.76. The zero-order valence-electron chi connectivity index (χ0n) is 18.1. The van der Waals surface area contributed by atoms with E-state index in [-0.39, 0.29) is 17.7 Å². The lowest BCUT2D eigenvalue weighted by Crippen LogP contribution is -2.39. The number of fused-ring (bicyclic) bond motifs is 1. The number of hydrogen-bond acceptors (Lipinski definition) is 5. The second-order valence-electron chi connectivity index (χ2n) is 8.09.